The third-order valence-electron chi connectivity index (χ3n) is 5.38. The quantitative estimate of drug-likeness (QED) is 0.243. The fourth-order valence-electron chi connectivity index (χ4n) is 3.58. The standard InChI is InChI=1S/C26H28N4O8/c1-5-37-25(33)22-15(2)28-26(34)29-23(22)18-10-11-19(20(12-18)35-3)38-14-21(31)30-27-13-16-6-8-17(9-7-16)24(32)36-4/h6-13,23H,5,14H2,1-4H3,(H,30,31)(H2,28,29,34)/b27-13-/t23-/m0/s1. The molecule has 200 valence electrons. The number of hydrogen-bond acceptors (Lipinski definition) is 9. The van der Waals surface area contributed by atoms with Gasteiger partial charge in [0.25, 0.3) is 5.91 Å². The Hall–Kier alpha value is -4.87. The first-order valence-electron chi connectivity index (χ1n) is 11.5. The van der Waals surface area contributed by atoms with E-state index in [4.69, 9.17) is 14.2 Å². The number of carbonyl (C=O) groups is 4. The number of allylic oxidation sites excluding steroid dienone is 1. The summed E-state index contributed by atoms with van der Waals surface area (Å²) in [5, 5.41) is 9.16. The SMILES string of the molecule is CCOC(=O)C1=C(C)NC(=O)N[C@H]1c1ccc(OCC(=O)N/N=C\c2ccc(C(=O)OC)cc2)c(OC)c1. The first kappa shape index (κ1) is 27.7. The summed E-state index contributed by atoms with van der Waals surface area (Å²) < 4.78 is 20.8. The molecule has 12 nitrogen and oxygen atoms in total. The monoisotopic (exact) mass is 524 g/mol. The van der Waals surface area contributed by atoms with E-state index in [1.165, 1.54) is 20.4 Å². The first-order valence-corrected chi connectivity index (χ1v) is 11.5. The zero-order valence-electron chi connectivity index (χ0n) is 21.3. The van der Waals surface area contributed by atoms with Crippen molar-refractivity contribution in [3.63, 3.8) is 0 Å². The Morgan fingerprint density at radius 1 is 1.05 bits per heavy atom. The number of carbonyl (C=O) groups excluding carboxylic acids is 4. The average Bonchev–Trinajstić information content (AvgIpc) is 2.91. The summed E-state index contributed by atoms with van der Waals surface area (Å²) in [7, 11) is 2.73. The number of ether oxygens (including phenoxy) is 4. The van der Waals surface area contributed by atoms with Crippen molar-refractivity contribution in [3.05, 3.63) is 70.4 Å². The molecule has 1 aliphatic heterocycles. The van der Waals surface area contributed by atoms with Crippen LogP contribution in [0.1, 0.15) is 41.4 Å². The highest BCUT2D eigenvalue weighted by atomic mass is 16.5. The molecule has 0 fully saturated rings. The van der Waals surface area contributed by atoms with Gasteiger partial charge in [0.2, 0.25) is 0 Å². The van der Waals surface area contributed by atoms with Gasteiger partial charge in [-0.2, -0.15) is 5.10 Å². The number of urea groups is 1. The van der Waals surface area contributed by atoms with Crippen LogP contribution in [0.5, 0.6) is 11.5 Å². The van der Waals surface area contributed by atoms with Crippen molar-refractivity contribution in [3.8, 4) is 11.5 Å². The van der Waals surface area contributed by atoms with Gasteiger partial charge in [-0.25, -0.2) is 19.8 Å². The lowest BCUT2D eigenvalue weighted by Crippen LogP contribution is -2.45. The van der Waals surface area contributed by atoms with Gasteiger partial charge in [-0.05, 0) is 49.2 Å². The Balaban J connectivity index is 1.64. The van der Waals surface area contributed by atoms with Crippen molar-refractivity contribution in [1.82, 2.24) is 16.1 Å². The molecule has 1 atom stereocenters. The number of nitrogens with zero attached hydrogens (tertiary/aromatic N) is 1. The molecule has 0 saturated carbocycles. The van der Waals surface area contributed by atoms with E-state index in [0.29, 0.717) is 22.4 Å². The molecule has 2 aromatic rings. The van der Waals surface area contributed by atoms with Gasteiger partial charge in [-0.1, -0.05) is 18.2 Å². The fraction of sp³-hybridized carbons (Fsp3) is 0.269. The van der Waals surface area contributed by atoms with E-state index in [1.807, 2.05) is 0 Å². The zero-order chi connectivity index (χ0) is 27.7. The number of rotatable bonds is 10. The molecular formula is C26H28N4O8. The maximum absolute atomic E-state index is 12.5. The Morgan fingerprint density at radius 3 is 2.45 bits per heavy atom. The van der Waals surface area contributed by atoms with Crippen LogP contribution in [-0.2, 0) is 19.1 Å². The average molecular weight is 525 g/mol. The van der Waals surface area contributed by atoms with Gasteiger partial charge in [0, 0.05) is 5.70 Å². The minimum Gasteiger partial charge on any atom is -0.493 e. The highest BCUT2D eigenvalue weighted by Gasteiger charge is 2.32. The molecule has 0 saturated heterocycles. The highest BCUT2D eigenvalue weighted by molar-refractivity contribution is 5.95. The number of benzene rings is 2. The lowest BCUT2D eigenvalue weighted by molar-refractivity contribution is -0.139. The highest BCUT2D eigenvalue weighted by Crippen LogP contribution is 2.34. The second-order valence-corrected chi connectivity index (χ2v) is 7.90. The first-order chi connectivity index (χ1) is 18.3. The molecule has 3 amide bonds. The molecule has 0 aromatic heterocycles. The minimum absolute atomic E-state index is 0.181. The van der Waals surface area contributed by atoms with Crippen LogP contribution in [0.15, 0.2) is 58.8 Å². The number of amides is 3. The molecule has 2 aromatic carbocycles. The summed E-state index contributed by atoms with van der Waals surface area (Å²) in [6.07, 6.45) is 1.41. The van der Waals surface area contributed by atoms with E-state index in [1.54, 1.807) is 56.3 Å². The summed E-state index contributed by atoms with van der Waals surface area (Å²) in [5.41, 5.74) is 4.61. The zero-order valence-corrected chi connectivity index (χ0v) is 21.3. The van der Waals surface area contributed by atoms with Gasteiger partial charge < -0.3 is 29.6 Å². The predicted molar refractivity (Wildman–Crippen MR) is 136 cm³/mol. The van der Waals surface area contributed by atoms with Crippen LogP contribution in [0.2, 0.25) is 0 Å². The van der Waals surface area contributed by atoms with Crippen LogP contribution in [0.3, 0.4) is 0 Å². The Kier molecular flexibility index (Phi) is 9.41. The molecule has 38 heavy (non-hydrogen) atoms. The van der Waals surface area contributed by atoms with E-state index < -0.39 is 29.9 Å². The molecule has 0 spiro atoms. The third kappa shape index (κ3) is 6.87. The minimum atomic E-state index is -0.773. The molecular weight excluding hydrogens is 496 g/mol. The van der Waals surface area contributed by atoms with E-state index in [2.05, 4.69) is 25.9 Å². The normalized spacial score (nSPS) is 14.8. The molecule has 12 heteroatoms. The Labute approximate surface area is 219 Å². The van der Waals surface area contributed by atoms with Crippen LogP contribution < -0.4 is 25.5 Å². The van der Waals surface area contributed by atoms with Gasteiger partial charge in [-0.15, -0.1) is 0 Å². The number of nitrogens with one attached hydrogen (secondary N) is 3. The summed E-state index contributed by atoms with van der Waals surface area (Å²) in [4.78, 5) is 48.3. The van der Waals surface area contributed by atoms with Crippen LogP contribution in [0, 0.1) is 0 Å². The van der Waals surface area contributed by atoms with Crippen molar-refractivity contribution in [1.29, 1.82) is 0 Å². The van der Waals surface area contributed by atoms with Crippen LogP contribution in [0.25, 0.3) is 0 Å². The lowest BCUT2D eigenvalue weighted by Gasteiger charge is -2.28. The van der Waals surface area contributed by atoms with Gasteiger partial charge in [0.05, 0.1) is 44.2 Å². The largest absolute Gasteiger partial charge is 0.493 e. The Bertz CT molecular complexity index is 1270. The smallest absolute Gasteiger partial charge is 0.338 e. The van der Waals surface area contributed by atoms with Crippen LogP contribution in [0.4, 0.5) is 4.79 Å². The lowest BCUT2D eigenvalue weighted by atomic mass is 9.95. The summed E-state index contributed by atoms with van der Waals surface area (Å²) in [6.45, 7) is 3.13. The Morgan fingerprint density at radius 2 is 1.79 bits per heavy atom. The fourth-order valence-corrected chi connectivity index (χ4v) is 3.58. The van der Waals surface area contributed by atoms with Crippen molar-refractivity contribution in [2.75, 3.05) is 27.4 Å². The molecule has 0 unspecified atom stereocenters. The maximum atomic E-state index is 12.5. The van der Waals surface area contributed by atoms with Crippen molar-refractivity contribution < 1.29 is 38.1 Å². The summed E-state index contributed by atoms with van der Waals surface area (Å²) >= 11 is 0. The number of methoxy groups -OCH3 is 2. The van der Waals surface area contributed by atoms with E-state index in [0.717, 1.165) is 0 Å². The molecule has 3 N–H and O–H groups in total. The predicted octanol–water partition coefficient (Wildman–Crippen LogP) is 2.20. The summed E-state index contributed by atoms with van der Waals surface area (Å²) in [6, 6.07) is 10.0. The van der Waals surface area contributed by atoms with Crippen molar-refractivity contribution in [2.24, 2.45) is 5.10 Å². The van der Waals surface area contributed by atoms with Gasteiger partial charge in [0.15, 0.2) is 18.1 Å². The van der Waals surface area contributed by atoms with Gasteiger partial charge >= 0.3 is 18.0 Å². The maximum Gasteiger partial charge on any atom is 0.338 e. The second kappa shape index (κ2) is 12.9. The molecule has 1 heterocycles. The third-order valence-corrected chi connectivity index (χ3v) is 5.38. The van der Waals surface area contributed by atoms with Crippen LogP contribution >= 0.6 is 0 Å². The van der Waals surface area contributed by atoms with E-state index in [9.17, 15) is 19.2 Å². The molecule has 1 aliphatic rings. The van der Waals surface area contributed by atoms with Crippen LogP contribution in [-0.4, -0.2) is 57.5 Å². The van der Waals surface area contributed by atoms with Gasteiger partial charge in [0.1, 0.15) is 0 Å². The van der Waals surface area contributed by atoms with Crippen molar-refractivity contribution in [2.45, 2.75) is 19.9 Å². The van der Waals surface area contributed by atoms with E-state index >= 15 is 0 Å². The topological polar surface area (TPSA) is 154 Å². The number of hydrogen-bond donors (Lipinski definition) is 3. The molecule has 0 aliphatic carbocycles. The van der Waals surface area contributed by atoms with E-state index in [-0.39, 0.29) is 30.3 Å². The molecule has 0 bridgehead atoms. The number of hydrazone groups is 1. The molecule has 0 radical (unpaired) electrons. The number of esters is 2. The summed E-state index contributed by atoms with van der Waals surface area (Å²) in [5.74, 6) is -0.967. The van der Waals surface area contributed by atoms with Crippen molar-refractivity contribution >= 4 is 30.1 Å². The second-order valence-electron chi connectivity index (χ2n) is 7.90. The van der Waals surface area contributed by atoms with Gasteiger partial charge in [-0.3, -0.25) is 4.79 Å². The molecule has 3 rings (SSSR count).